The smallest absolute Gasteiger partial charge is 0.256 e. The highest BCUT2D eigenvalue weighted by atomic mass is 79.9. The maximum atomic E-state index is 13.6. The Balaban J connectivity index is 1.34. The van der Waals surface area contributed by atoms with Crippen molar-refractivity contribution < 1.29 is 14.4 Å². The number of benzene rings is 2. The number of carbonyl (C=O) groups excluding carboxylic acids is 3. The summed E-state index contributed by atoms with van der Waals surface area (Å²) in [6.45, 7) is 6.17. The van der Waals surface area contributed by atoms with Gasteiger partial charge in [0.15, 0.2) is 5.78 Å². The van der Waals surface area contributed by atoms with Gasteiger partial charge in [-0.25, -0.2) is 0 Å². The van der Waals surface area contributed by atoms with Crippen LogP contribution in [0.2, 0.25) is 0 Å². The monoisotopic (exact) mass is 519 g/mol. The lowest BCUT2D eigenvalue weighted by Gasteiger charge is -2.38. The van der Waals surface area contributed by atoms with Gasteiger partial charge in [0.25, 0.3) is 5.91 Å². The van der Waals surface area contributed by atoms with Crippen molar-refractivity contribution in [1.82, 2.24) is 14.4 Å². The molecule has 0 spiro atoms. The highest BCUT2D eigenvalue weighted by Gasteiger charge is 2.31. The quantitative estimate of drug-likeness (QED) is 0.458. The van der Waals surface area contributed by atoms with E-state index in [1.165, 1.54) is 17.2 Å². The summed E-state index contributed by atoms with van der Waals surface area (Å²) in [7, 11) is 0. The number of rotatable bonds is 6. The van der Waals surface area contributed by atoms with Gasteiger partial charge in [0, 0.05) is 60.1 Å². The zero-order valence-electron chi connectivity index (χ0n) is 18.9. The van der Waals surface area contributed by atoms with Crippen LogP contribution in [0.25, 0.3) is 10.9 Å². The molecule has 2 aromatic carbocycles. The molecular weight excluding hydrogens is 494 g/mol. The Kier molecular flexibility index (Phi) is 6.13. The zero-order valence-corrected chi connectivity index (χ0v) is 20.5. The third-order valence-corrected chi connectivity index (χ3v) is 7.29. The van der Waals surface area contributed by atoms with Gasteiger partial charge >= 0.3 is 0 Å². The van der Waals surface area contributed by atoms with Crippen molar-refractivity contribution in [3.8, 4) is 0 Å². The molecule has 0 saturated carbocycles. The van der Waals surface area contributed by atoms with Crippen molar-refractivity contribution in [3.63, 3.8) is 0 Å². The van der Waals surface area contributed by atoms with E-state index in [1.807, 2.05) is 46.0 Å². The average Bonchev–Trinajstić information content (AvgIpc) is 3.16. The number of hydrogen-bond donors (Lipinski definition) is 0. The largest absolute Gasteiger partial charge is 0.339 e. The first-order valence-electron chi connectivity index (χ1n) is 11.5. The van der Waals surface area contributed by atoms with Gasteiger partial charge < -0.3 is 14.4 Å². The molecule has 2 amide bonds. The average molecular weight is 520 g/mol. The number of nitrogens with zero attached hydrogens (tertiary/aromatic N) is 3. The summed E-state index contributed by atoms with van der Waals surface area (Å²) in [6, 6.07) is 14.1. The van der Waals surface area contributed by atoms with Crippen molar-refractivity contribution in [3.05, 3.63) is 82.5 Å². The lowest BCUT2D eigenvalue weighted by molar-refractivity contribution is -0.134. The van der Waals surface area contributed by atoms with Crippen LogP contribution in [0.3, 0.4) is 0 Å². The second-order valence-electron chi connectivity index (χ2n) is 9.13. The molecule has 174 valence electrons. The minimum absolute atomic E-state index is 0.0126. The summed E-state index contributed by atoms with van der Waals surface area (Å²) in [5, 5.41) is 0.845. The lowest BCUT2D eigenvalue weighted by atomic mass is 9.94. The molecule has 5 rings (SSSR count). The van der Waals surface area contributed by atoms with Crippen LogP contribution >= 0.6 is 15.9 Å². The fraction of sp³-hybridized carbons (Fsp3) is 0.296. The SMILES string of the molecule is C=CC(=O)N1CC(CC(=O)Cn2cc(C(=O)N3CCc4ccccc4C3)c3cc(Br)ccc32)C1. The molecular formula is C27H26BrN3O3. The van der Waals surface area contributed by atoms with Gasteiger partial charge in [-0.05, 0) is 41.8 Å². The van der Waals surface area contributed by atoms with Crippen molar-refractivity contribution in [2.45, 2.75) is 25.9 Å². The molecule has 0 bridgehead atoms. The number of likely N-dealkylation sites (tertiary alicyclic amines) is 1. The molecule has 0 N–H and O–H groups in total. The second kappa shape index (κ2) is 9.22. The molecule has 0 unspecified atom stereocenters. The molecule has 2 aliphatic heterocycles. The van der Waals surface area contributed by atoms with E-state index in [4.69, 9.17) is 0 Å². The van der Waals surface area contributed by atoms with E-state index in [-0.39, 0.29) is 30.1 Å². The third kappa shape index (κ3) is 4.32. The molecule has 7 heteroatoms. The molecule has 6 nitrogen and oxygen atoms in total. The first-order chi connectivity index (χ1) is 16.4. The third-order valence-electron chi connectivity index (χ3n) is 6.80. The van der Waals surface area contributed by atoms with E-state index >= 15 is 0 Å². The minimum Gasteiger partial charge on any atom is -0.339 e. The normalized spacial score (nSPS) is 15.7. The Morgan fingerprint density at radius 3 is 2.59 bits per heavy atom. The number of amides is 2. The molecule has 34 heavy (non-hydrogen) atoms. The maximum Gasteiger partial charge on any atom is 0.256 e. The van der Waals surface area contributed by atoms with Gasteiger partial charge in [0.1, 0.15) is 0 Å². The minimum atomic E-state index is -0.0887. The molecule has 3 aromatic rings. The summed E-state index contributed by atoms with van der Waals surface area (Å²) >= 11 is 3.53. The van der Waals surface area contributed by atoms with Gasteiger partial charge in [-0.1, -0.05) is 46.8 Å². The fourth-order valence-corrected chi connectivity index (χ4v) is 5.36. The highest BCUT2D eigenvalue weighted by molar-refractivity contribution is 9.10. The first-order valence-corrected chi connectivity index (χ1v) is 12.3. The van der Waals surface area contributed by atoms with Crippen molar-refractivity contribution in [2.24, 2.45) is 5.92 Å². The van der Waals surface area contributed by atoms with Gasteiger partial charge in [-0.15, -0.1) is 0 Å². The molecule has 0 aliphatic carbocycles. The predicted molar refractivity (Wildman–Crippen MR) is 134 cm³/mol. The molecule has 1 aromatic heterocycles. The summed E-state index contributed by atoms with van der Waals surface area (Å²) in [5.74, 6) is 0.179. The first kappa shape index (κ1) is 22.6. The van der Waals surface area contributed by atoms with Gasteiger partial charge in [0.05, 0.1) is 12.1 Å². The predicted octanol–water partition coefficient (Wildman–Crippen LogP) is 4.21. The van der Waals surface area contributed by atoms with E-state index < -0.39 is 0 Å². The van der Waals surface area contributed by atoms with Crippen LogP contribution in [0.1, 0.15) is 27.9 Å². The van der Waals surface area contributed by atoms with E-state index in [9.17, 15) is 14.4 Å². The Labute approximate surface area is 207 Å². The van der Waals surface area contributed by atoms with E-state index in [0.29, 0.717) is 38.2 Å². The number of fused-ring (bicyclic) bond motifs is 2. The fourth-order valence-electron chi connectivity index (χ4n) is 4.99. The van der Waals surface area contributed by atoms with Crippen LogP contribution < -0.4 is 0 Å². The maximum absolute atomic E-state index is 13.6. The van der Waals surface area contributed by atoms with E-state index in [2.05, 4.69) is 34.6 Å². The Morgan fingerprint density at radius 2 is 1.82 bits per heavy atom. The molecule has 1 fully saturated rings. The van der Waals surface area contributed by atoms with Crippen LogP contribution in [0.15, 0.2) is 65.8 Å². The Hall–Kier alpha value is -3.19. The van der Waals surface area contributed by atoms with Crippen LogP contribution in [-0.2, 0) is 29.1 Å². The van der Waals surface area contributed by atoms with Crippen molar-refractivity contribution in [1.29, 1.82) is 0 Å². The number of aromatic nitrogens is 1. The molecule has 2 aliphatic rings. The summed E-state index contributed by atoms with van der Waals surface area (Å²) < 4.78 is 2.78. The Bertz CT molecular complexity index is 1310. The number of hydrogen-bond acceptors (Lipinski definition) is 3. The second-order valence-corrected chi connectivity index (χ2v) is 10.0. The van der Waals surface area contributed by atoms with Crippen LogP contribution in [0.4, 0.5) is 0 Å². The number of ketones is 1. The lowest BCUT2D eigenvalue weighted by Crippen LogP contribution is -2.50. The summed E-state index contributed by atoms with van der Waals surface area (Å²) in [4.78, 5) is 41.6. The van der Waals surface area contributed by atoms with Crippen LogP contribution in [-0.4, -0.2) is 51.6 Å². The topological polar surface area (TPSA) is 62.6 Å². The summed E-state index contributed by atoms with van der Waals surface area (Å²) in [6.07, 6.45) is 4.40. The molecule has 3 heterocycles. The Morgan fingerprint density at radius 1 is 1.06 bits per heavy atom. The van der Waals surface area contributed by atoms with Crippen LogP contribution in [0.5, 0.6) is 0 Å². The zero-order chi connectivity index (χ0) is 23.8. The number of carbonyl (C=O) groups is 3. The summed E-state index contributed by atoms with van der Waals surface area (Å²) in [5.41, 5.74) is 3.97. The van der Waals surface area contributed by atoms with Crippen LogP contribution in [0, 0.1) is 5.92 Å². The van der Waals surface area contributed by atoms with E-state index in [0.717, 1.165) is 21.8 Å². The van der Waals surface area contributed by atoms with Crippen molar-refractivity contribution in [2.75, 3.05) is 19.6 Å². The molecule has 1 saturated heterocycles. The van der Waals surface area contributed by atoms with E-state index in [1.54, 1.807) is 4.90 Å². The standard InChI is InChI=1S/C27H26BrN3O3/c1-2-26(33)31-13-18(14-31)11-22(32)16-30-17-24(23-12-21(28)7-8-25(23)30)27(34)29-10-9-19-5-3-4-6-20(19)15-29/h2-8,12,17-18H,1,9-11,13-16H2. The molecule has 0 radical (unpaired) electrons. The highest BCUT2D eigenvalue weighted by Crippen LogP contribution is 2.29. The van der Waals surface area contributed by atoms with Gasteiger partial charge in [0.2, 0.25) is 5.91 Å². The number of halogens is 1. The number of Topliss-reactive ketones (excluding diaryl/α,β-unsaturated/α-hetero) is 1. The van der Waals surface area contributed by atoms with Gasteiger partial charge in [-0.3, -0.25) is 14.4 Å². The van der Waals surface area contributed by atoms with Crippen molar-refractivity contribution >= 4 is 44.4 Å². The molecule has 0 atom stereocenters. The van der Waals surface area contributed by atoms with Gasteiger partial charge in [-0.2, -0.15) is 0 Å².